The van der Waals surface area contributed by atoms with Gasteiger partial charge in [-0.25, -0.2) is 4.79 Å². The molecule has 1 unspecified atom stereocenters. The summed E-state index contributed by atoms with van der Waals surface area (Å²) >= 11 is 11.9. The Morgan fingerprint density at radius 3 is 2.21 bits per heavy atom. The van der Waals surface area contributed by atoms with Gasteiger partial charge in [0.1, 0.15) is 11.4 Å². The second kappa shape index (κ2) is 13.1. The molecule has 0 aliphatic rings. The van der Waals surface area contributed by atoms with E-state index in [2.05, 4.69) is 10.2 Å². The van der Waals surface area contributed by atoms with Gasteiger partial charge in [0.2, 0.25) is 0 Å². The van der Waals surface area contributed by atoms with Gasteiger partial charge in [-0.05, 0) is 62.3 Å². The molecule has 1 atom stereocenters. The van der Waals surface area contributed by atoms with Crippen molar-refractivity contribution >= 4 is 41.0 Å². The third kappa shape index (κ3) is 10.3. The van der Waals surface area contributed by atoms with Crippen LogP contribution in [-0.2, 0) is 16.0 Å². The molecule has 1 aromatic rings. The molecule has 0 bridgehead atoms. The minimum absolute atomic E-state index is 0.0879. The Labute approximate surface area is 207 Å². The van der Waals surface area contributed by atoms with Gasteiger partial charge in [-0.2, -0.15) is 0 Å². The Morgan fingerprint density at radius 2 is 1.73 bits per heavy atom. The molecule has 2 N–H and O–H groups in total. The highest BCUT2D eigenvalue weighted by Crippen LogP contribution is 2.37. The number of carbonyl (C=O) groups is 2. The molecule has 0 aromatic heterocycles. The monoisotopic (exact) mass is 504 g/mol. The predicted octanol–water partition coefficient (Wildman–Crippen LogP) is 5.16. The van der Waals surface area contributed by atoms with Crippen LogP contribution in [0.1, 0.15) is 46.6 Å². The SMILES string of the molecule is COc1ccc(N(CCCl)CCCl)cc1CC(C)(C)C(CNC(=O)OC(C)(C)C)CC(=O)O. The van der Waals surface area contributed by atoms with E-state index in [1.54, 1.807) is 27.9 Å². The molecule has 33 heavy (non-hydrogen) atoms. The van der Waals surface area contributed by atoms with E-state index in [-0.39, 0.29) is 18.9 Å². The zero-order valence-corrected chi connectivity index (χ0v) is 22.1. The summed E-state index contributed by atoms with van der Waals surface area (Å²) in [5.41, 5.74) is 0.822. The first-order valence-electron chi connectivity index (χ1n) is 11.1. The number of aliphatic carboxylic acids is 1. The van der Waals surface area contributed by atoms with Crippen molar-refractivity contribution in [3.8, 4) is 5.75 Å². The zero-order chi connectivity index (χ0) is 25.2. The summed E-state index contributed by atoms with van der Waals surface area (Å²) in [6.07, 6.45) is -0.103. The number of alkyl halides is 2. The average molecular weight is 505 g/mol. The van der Waals surface area contributed by atoms with Crippen LogP contribution in [0.4, 0.5) is 10.5 Å². The molecular formula is C24H38Cl2N2O5. The molecule has 9 heteroatoms. The topological polar surface area (TPSA) is 88.1 Å². The lowest BCUT2D eigenvalue weighted by Crippen LogP contribution is -2.41. The first kappa shape index (κ1) is 29.2. The summed E-state index contributed by atoms with van der Waals surface area (Å²) in [6.45, 7) is 10.8. The summed E-state index contributed by atoms with van der Waals surface area (Å²) in [4.78, 5) is 25.8. The van der Waals surface area contributed by atoms with Crippen LogP contribution in [0.2, 0.25) is 0 Å². The van der Waals surface area contributed by atoms with Gasteiger partial charge in [0, 0.05) is 37.1 Å². The lowest BCUT2D eigenvalue weighted by atomic mass is 9.72. The molecule has 188 valence electrons. The molecule has 0 fully saturated rings. The van der Waals surface area contributed by atoms with E-state index in [4.69, 9.17) is 32.7 Å². The molecule has 0 radical (unpaired) electrons. The van der Waals surface area contributed by atoms with Gasteiger partial charge in [0.15, 0.2) is 0 Å². The highest BCUT2D eigenvalue weighted by Gasteiger charge is 2.33. The maximum absolute atomic E-state index is 12.1. The van der Waals surface area contributed by atoms with Crippen LogP contribution in [-0.4, -0.2) is 61.3 Å². The molecule has 7 nitrogen and oxygen atoms in total. The molecule has 1 aromatic carbocycles. The fourth-order valence-corrected chi connectivity index (χ4v) is 4.07. The van der Waals surface area contributed by atoms with Gasteiger partial charge in [-0.3, -0.25) is 4.79 Å². The van der Waals surface area contributed by atoms with Crippen molar-refractivity contribution in [1.29, 1.82) is 0 Å². The third-order valence-corrected chi connectivity index (χ3v) is 5.74. The van der Waals surface area contributed by atoms with E-state index in [1.165, 1.54) is 0 Å². The Hall–Kier alpha value is -1.86. The number of carbonyl (C=O) groups excluding carboxylic acids is 1. The van der Waals surface area contributed by atoms with E-state index in [0.717, 1.165) is 17.0 Å². The van der Waals surface area contributed by atoms with Gasteiger partial charge in [-0.15, -0.1) is 23.2 Å². The molecule has 0 spiro atoms. The minimum Gasteiger partial charge on any atom is -0.496 e. The lowest BCUT2D eigenvalue weighted by Gasteiger charge is -2.35. The molecule has 0 saturated carbocycles. The number of carboxylic acid groups (broad SMARTS) is 1. The number of alkyl carbamates (subject to hydrolysis) is 1. The average Bonchev–Trinajstić information content (AvgIpc) is 2.69. The molecule has 0 aliphatic heterocycles. The Morgan fingerprint density at radius 1 is 1.12 bits per heavy atom. The number of hydrogen-bond acceptors (Lipinski definition) is 5. The maximum atomic E-state index is 12.1. The summed E-state index contributed by atoms with van der Waals surface area (Å²) in [6, 6.07) is 5.91. The molecular weight excluding hydrogens is 467 g/mol. The second-order valence-corrected chi connectivity index (χ2v) is 10.5. The molecule has 1 rings (SSSR count). The van der Waals surface area contributed by atoms with Crippen LogP contribution in [0.15, 0.2) is 18.2 Å². The minimum atomic E-state index is -0.921. The number of benzene rings is 1. The number of halogens is 2. The van der Waals surface area contributed by atoms with Crippen molar-refractivity contribution in [2.45, 2.75) is 53.1 Å². The zero-order valence-electron chi connectivity index (χ0n) is 20.5. The van der Waals surface area contributed by atoms with E-state index in [9.17, 15) is 14.7 Å². The molecule has 0 aliphatic carbocycles. The summed E-state index contributed by atoms with van der Waals surface area (Å²) in [5, 5.41) is 12.2. The van der Waals surface area contributed by atoms with Crippen LogP contribution in [0.5, 0.6) is 5.75 Å². The fourth-order valence-electron chi connectivity index (χ4n) is 3.67. The summed E-state index contributed by atoms with van der Waals surface area (Å²) in [7, 11) is 1.61. The number of amides is 1. The molecule has 0 heterocycles. The summed E-state index contributed by atoms with van der Waals surface area (Å²) < 4.78 is 10.9. The number of nitrogens with one attached hydrogen (secondary N) is 1. The molecule has 1 amide bonds. The third-order valence-electron chi connectivity index (χ3n) is 5.40. The Balaban J connectivity index is 3.14. The van der Waals surface area contributed by atoms with Crippen LogP contribution in [0.25, 0.3) is 0 Å². The van der Waals surface area contributed by atoms with Crippen LogP contribution in [0.3, 0.4) is 0 Å². The molecule has 0 saturated heterocycles. The second-order valence-electron chi connectivity index (χ2n) is 9.70. The van der Waals surface area contributed by atoms with E-state index < -0.39 is 23.1 Å². The van der Waals surface area contributed by atoms with E-state index in [0.29, 0.717) is 31.3 Å². The number of rotatable bonds is 13. The van der Waals surface area contributed by atoms with E-state index >= 15 is 0 Å². The smallest absolute Gasteiger partial charge is 0.407 e. The fraction of sp³-hybridized carbons (Fsp3) is 0.667. The van der Waals surface area contributed by atoms with Gasteiger partial charge in [0.05, 0.1) is 13.5 Å². The van der Waals surface area contributed by atoms with Crippen molar-refractivity contribution in [3.63, 3.8) is 0 Å². The van der Waals surface area contributed by atoms with Crippen molar-refractivity contribution in [2.24, 2.45) is 11.3 Å². The highest BCUT2D eigenvalue weighted by molar-refractivity contribution is 6.18. The normalized spacial score (nSPS) is 12.7. The Kier molecular flexibility index (Phi) is 11.6. The van der Waals surface area contributed by atoms with Gasteiger partial charge >= 0.3 is 12.1 Å². The number of hydrogen-bond donors (Lipinski definition) is 2. The van der Waals surface area contributed by atoms with Crippen LogP contribution < -0.4 is 15.0 Å². The number of ether oxygens (including phenoxy) is 2. The van der Waals surface area contributed by atoms with Gasteiger partial charge in [-0.1, -0.05) is 13.8 Å². The number of methoxy groups -OCH3 is 1. The number of anilines is 1. The van der Waals surface area contributed by atoms with Gasteiger partial charge in [0.25, 0.3) is 0 Å². The standard InChI is InChI=1S/C24H38Cl2N2O5/c1-23(2,3)33-22(31)27-16-18(14-21(29)30)24(4,5)15-17-13-19(7-8-20(17)32-6)28(11-9-25)12-10-26/h7-8,13,18H,9-12,14-16H2,1-6H3,(H,27,31)(H,29,30). The largest absolute Gasteiger partial charge is 0.496 e. The quantitative estimate of drug-likeness (QED) is 0.360. The van der Waals surface area contributed by atoms with Crippen LogP contribution >= 0.6 is 23.2 Å². The van der Waals surface area contributed by atoms with Gasteiger partial charge < -0.3 is 24.8 Å². The van der Waals surface area contributed by atoms with Crippen molar-refractivity contribution in [3.05, 3.63) is 23.8 Å². The Bertz CT molecular complexity index is 775. The summed E-state index contributed by atoms with van der Waals surface area (Å²) in [5.74, 6) is 0.409. The van der Waals surface area contributed by atoms with Crippen molar-refractivity contribution in [1.82, 2.24) is 5.32 Å². The predicted molar refractivity (Wildman–Crippen MR) is 134 cm³/mol. The van der Waals surface area contributed by atoms with Crippen LogP contribution in [0, 0.1) is 11.3 Å². The first-order valence-corrected chi connectivity index (χ1v) is 12.1. The first-order chi connectivity index (χ1) is 15.3. The maximum Gasteiger partial charge on any atom is 0.407 e. The van der Waals surface area contributed by atoms with Crippen molar-refractivity contribution in [2.75, 3.05) is 43.4 Å². The van der Waals surface area contributed by atoms with E-state index in [1.807, 2.05) is 32.0 Å². The number of carboxylic acids is 1. The lowest BCUT2D eigenvalue weighted by molar-refractivity contribution is -0.139. The number of nitrogens with zero attached hydrogens (tertiary/aromatic N) is 1. The highest BCUT2D eigenvalue weighted by atomic mass is 35.5. The van der Waals surface area contributed by atoms with Crippen molar-refractivity contribution < 1.29 is 24.2 Å².